The lowest BCUT2D eigenvalue weighted by molar-refractivity contribution is 1.07. The Hall–Kier alpha value is -8.26. The van der Waals surface area contributed by atoms with Gasteiger partial charge in [-0.15, -0.1) is 0 Å². The number of hydrogen-bond donors (Lipinski definition) is 0. The molecule has 1 aliphatic rings. The zero-order chi connectivity index (χ0) is 40.0. The highest BCUT2D eigenvalue weighted by Gasteiger charge is 2.22. The summed E-state index contributed by atoms with van der Waals surface area (Å²) in [6, 6.07) is 71.5. The number of para-hydroxylation sites is 1. The fourth-order valence-corrected chi connectivity index (χ4v) is 8.56. The zero-order valence-corrected chi connectivity index (χ0v) is 32.4. The normalized spacial score (nSPS) is 11.3. The van der Waals surface area contributed by atoms with Crippen LogP contribution in [0.1, 0.15) is 0 Å². The van der Waals surface area contributed by atoms with Gasteiger partial charge < -0.3 is 0 Å². The first-order valence-electron chi connectivity index (χ1n) is 20.0. The third-order valence-corrected chi connectivity index (χ3v) is 11.5. The molecule has 0 amide bonds. The van der Waals surface area contributed by atoms with Gasteiger partial charge in [-0.3, -0.25) is 0 Å². The molecule has 1 aromatic heterocycles. The summed E-state index contributed by atoms with van der Waals surface area (Å²) in [6.07, 6.45) is 0. The van der Waals surface area contributed by atoms with E-state index >= 15 is 0 Å². The summed E-state index contributed by atoms with van der Waals surface area (Å²) >= 11 is 0. The molecule has 0 fully saturated rings. The van der Waals surface area contributed by atoms with Crippen LogP contribution in [0, 0.1) is 6.57 Å². The molecule has 0 atom stereocenters. The summed E-state index contributed by atoms with van der Waals surface area (Å²) in [6.45, 7) is 8.33. The Morgan fingerprint density at radius 1 is 0.283 bits per heavy atom. The van der Waals surface area contributed by atoms with Gasteiger partial charge in [0.25, 0.3) is 0 Å². The highest BCUT2D eigenvalue weighted by molar-refractivity contribution is 6.15. The van der Waals surface area contributed by atoms with E-state index in [1.165, 1.54) is 38.6 Å². The highest BCUT2D eigenvalue weighted by Crippen LogP contribution is 2.48. The van der Waals surface area contributed by atoms with Gasteiger partial charge in [0.15, 0.2) is 17.5 Å². The van der Waals surface area contributed by atoms with Crippen LogP contribution in [0.2, 0.25) is 0 Å². The molecular formula is C56H34N4. The second-order valence-electron chi connectivity index (χ2n) is 15.1. The molecule has 1 aliphatic carbocycles. The lowest BCUT2D eigenvalue weighted by Gasteiger charge is -2.13. The quantitative estimate of drug-likeness (QED) is 0.152. The summed E-state index contributed by atoms with van der Waals surface area (Å²) in [5, 5.41) is 2.61. The first-order chi connectivity index (χ1) is 29.7. The summed E-state index contributed by atoms with van der Waals surface area (Å²) in [7, 11) is 0. The molecule has 10 aromatic rings. The van der Waals surface area contributed by atoms with Gasteiger partial charge in [-0.05, 0) is 89.7 Å². The molecule has 0 aliphatic heterocycles. The SMILES string of the molecule is [C-]#[N+]c1c(-c2ccc(-c3ccc4c(c3)-c3cccc5cccc-4c35)cc2)cccc1-c1ccc(-c2nc(-c3ccccc3)nc(-c3cccc(-c4ccccc4)c3)n2)cc1. The predicted molar refractivity (Wildman–Crippen MR) is 246 cm³/mol. The Labute approximate surface area is 348 Å². The Morgan fingerprint density at radius 3 is 1.33 bits per heavy atom. The number of rotatable bonds is 7. The molecule has 0 unspecified atom stereocenters. The molecule has 4 heteroatoms. The van der Waals surface area contributed by atoms with E-state index in [9.17, 15) is 0 Å². The molecule has 278 valence electrons. The lowest BCUT2D eigenvalue weighted by atomic mass is 9.93. The number of fused-ring (bicyclic) bond motifs is 3. The van der Waals surface area contributed by atoms with E-state index in [1.54, 1.807) is 0 Å². The molecule has 4 nitrogen and oxygen atoms in total. The van der Waals surface area contributed by atoms with Crippen LogP contribution in [-0.2, 0) is 0 Å². The van der Waals surface area contributed by atoms with E-state index < -0.39 is 0 Å². The Morgan fingerprint density at radius 2 is 0.700 bits per heavy atom. The average molecular weight is 763 g/mol. The van der Waals surface area contributed by atoms with Crippen LogP contribution in [0.4, 0.5) is 5.69 Å². The van der Waals surface area contributed by atoms with Crippen LogP contribution in [0.3, 0.4) is 0 Å². The summed E-state index contributed by atoms with van der Waals surface area (Å²) < 4.78 is 0. The topological polar surface area (TPSA) is 43.0 Å². The third kappa shape index (κ3) is 6.14. The summed E-state index contributed by atoms with van der Waals surface area (Å²) in [4.78, 5) is 19.0. The minimum atomic E-state index is 0.583. The number of benzene rings is 9. The van der Waals surface area contributed by atoms with E-state index in [0.29, 0.717) is 23.2 Å². The number of aromatic nitrogens is 3. The van der Waals surface area contributed by atoms with E-state index in [4.69, 9.17) is 21.5 Å². The largest absolute Gasteiger partial charge is 0.237 e. The van der Waals surface area contributed by atoms with E-state index in [1.807, 2.05) is 91.0 Å². The Balaban J connectivity index is 0.909. The van der Waals surface area contributed by atoms with Crippen LogP contribution >= 0.6 is 0 Å². The number of nitrogens with zero attached hydrogens (tertiary/aromatic N) is 4. The maximum atomic E-state index is 8.33. The summed E-state index contributed by atoms with van der Waals surface area (Å²) in [5.74, 6) is 1.80. The zero-order valence-electron chi connectivity index (χ0n) is 32.4. The molecule has 0 radical (unpaired) electrons. The predicted octanol–water partition coefficient (Wildman–Crippen LogP) is 14.9. The van der Waals surface area contributed by atoms with Crippen molar-refractivity contribution in [3.8, 4) is 101 Å². The van der Waals surface area contributed by atoms with Gasteiger partial charge in [0.1, 0.15) is 0 Å². The van der Waals surface area contributed by atoms with Crippen molar-refractivity contribution in [3.05, 3.63) is 218 Å². The van der Waals surface area contributed by atoms with Crippen LogP contribution in [-0.4, -0.2) is 15.0 Å². The molecular weight excluding hydrogens is 729 g/mol. The second-order valence-corrected chi connectivity index (χ2v) is 15.1. The van der Waals surface area contributed by atoms with Crippen molar-refractivity contribution < 1.29 is 0 Å². The molecule has 0 bridgehead atoms. The molecule has 9 aromatic carbocycles. The van der Waals surface area contributed by atoms with Crippen LogP contribution in [0.25, 0.3) is 117 Å². The molecule has 0 N–H and O–H groups in total. The molecule has 0 saturated carbocycles. The maximum Gasteiger partial charge on any atom is 0.202 e. The van der Waals surface area contributed by atoms with Gasteiger partial charge in [-0.25, -0.2) is 19.8 Å². The van der Waals surface area contributed by atoms with Crippen LogP contribution in [0.5, 0.6) is 0 Å². The Kier molecular flexibility index (Phi) is 8.50. The lowest BCUT2D eigenvalue weighted by Crippen LogP contribution is -2.00. The molecule has 11 rings (SSSR count). The maximum absolute atomic E-state index is 8.33. The smallest absolute Gasteiger partial charge is 0.202 e. The van der Waals surface area contributed by atoms with Gasteiger partial charge in [-0.2, -0.15) is 0 Å². The average Bonchev–Trinajstić information content (AvgIpc) is 3.66. The molecule has 60 heavy (non-hydrogen) atoms. The van der Waals surface area contributed by atoms with Gasteiger partial charge in [0.05, 0.1) is 6.57 Å². The van der Waals surface area contributed by atoms with E-state index in [-0.39, 0.29) is 0 Å². The van der Waals surface area contributed by atoms with E-state index in [2.05, 4.69) is 120 Å². The minimum Gasteiger partial charge on any atom is -0.237 e. The van der Waals surface area contributed by atoms with Gasteiger partial charge in [-0.1, -0.05) is 194 Å². The van der Waals surface area contributed by atoms with Crippen LogP contribution < -0.4 is 0 Å². The van der Waals surface area contributed by atoms with Crippen molar-refractivity contribution in [2.45, 2.75) is 0 Å². The molecule has 0 saturated heterocycles. The monoisotopic (exact) mass is 762 g/mol. The second kappa shape index (κ2) is 14.6. The van der Waals surface area contributed by atoms with Gasteiger partial charge in [0, 0.05) is 16.7 Å². The highest BCUT2D eigenvalue weighted by atomic mass is 15.0. The first kappa shape index (κ1) is 34.9. The minimum absolute atomic E-state index is 0.583. The number of hydrogen-bond acceptors (Lipinski definition) is 3. The van der Waals surface area contributed by atoms with Crippen molar-refractivity contribution >= 4 is 16.5 Å². The fraction of sp³-hybridized carbons (Fsp3) is 0. The fourth-order valence-electron chi connectivity index (χ4n) is 8.56. The van der Waals surface area contributed by atoms with Gasteiger partial charge in [0.2, 0.25) is 5.69 Å². The van der Waals surface area contributed by atoms with Crippen molar-refractivity contribution in [2.75, 3.05) is 0 Å². The molecule has 0 spiro atoms. The standard InChI is InChI=1S/C56H34N4/c1-57-53-46(38-26-24-37(25-27-38)44-32-33-48-49-22-9-16-40-17-10-23-50(52(40)49)51(48)35-44)20-11-21-47(53)39-28-30-42(31-29-39)55-58-54(41-14-6-3-7-15-41)59-56(60-55)45-19-8-18-43(34-45)36-12-4-2-5-13-36/h2-35H. The van der Waals surface area contributed by atoms with Crippen molar-refractivity contribution in [3.63, 3.8) is 0 Å². The molecule has 1 heterocycles. The van der Waals surface area contributed by atoms with Gasteiger partial charge >= 0.3 is 0 Å². The summed E-state index contributed by atoms with van der Waals surface area (Å²) in [5.41, 5.74) is 16.8. The van der Waals surface area contributed by atoms with Crippen molar-refractivity contribution in [1.82, 2.24) is 15.0 Å². The van der Waals surface area contributed by atoms with Crippen molar-refractivity contribution in [1.29, 1.82) is 0 Å². The third-order valence-electron chi connectivity index (χ3n) is 11.5. The first-order valence-corrected chi connectivity index (χ1v) is 20.0. The van der Waals surface area contributed by atoms with Crippen LogP contribution in [0.15, 0.2) is 206 Å². The van der Waals surface area contributed by atoms with Crippen molar-refractivity contribution in [2.24, 2.45) is 0 Å². The van der Waals surface area contributed by atoms with E-state index in [0.717, 1.165) is 55.6 Å². The Bertz CT molecular complexity index is 3290.